The SMILES string of the molecule is CC(C)(C)OC(=O)N=Nc1c(O)[nH]c(=O)[nH]c1=O. The van der Waals surface area contributed by atoms with E-state index in [9.17, 15) is 19.5 Å². The van der Waals surface area contributed by atoms with Crippen molar-refractivity contribution in [2.45, 2.75) is 26.4 Å². The Hall–Kier alpha value is -2.45. The first-order valence-corrected chi connectivity index (χ1v) is 4.89. The molecule has 0 saturated carbocycles. The van der Waals surface area contributed by atoms with E-state index in [1.165, 1.54) is 0 Å². The maximum Gasteiger partial charge on any atom is 0.452 e. The van der Waals surface area contributed by atoms with Crippen LogP contribution < -0.4 is 11.2 Å². The molecule has 0 spiro atoms. The molecular formula is C9H12N4O5. The summed E-state index contributed by atoms with van der Waals surface area (Å²) in [5.74, 6) is -0.781. The summed E-state index contributed by atoms with van der Waals surface area (Å²) in [6, 6.07) is 0. The molecule has 1 aromatic rings. The average Bonchev–Trinajstić information content (AvgIpc) is 2.12. The Kier molecular flexibility index (Phi) is 3.64. The van der Waals surface area contributed by atoms with Gasteiger partial charge in [-0.3, -0.25) is 14.8 Å². The van der Waals surface area contributed by atoms with E-state index in [-0.39, 0.29) is 0 Å². The summed E-state index contributed by atoms with van der Waals surface area (Å²) in [7, 11) is 0. The molecule has 0 saturated heterocycles. The fourth-order valence-corrected chi connectivity index (χ4v) is 0.934. The molecule has 0 aliphatic rings. The van der Waals surface area contributed by atoms with Crippen LogP contribution in [0.4, 0.5) is 10.5 Å². The van der Waals surface area contributed by atoms with Crippen LogP contribution in [0.2, 0.25) is 0 Å². The lowest BCUT2D eigenvalue weighted by atomic mass is 10.2. The van der Waals surface area contributed by atoms with E-state index in [1.807, 2.05) is 9.97 Å². The highest BCUT2D eigenvalue weighted by Crippen LogP contribution is 2.16. The molecule has 1 amide bonds. The summed E-state index contributed by atoms with van der Waals surface area (Å²) in [6.45, 7) is 4.89. The second kappa shape index (κ2) is 4.82. The number of ether oxygens (including phenoxy) is 1. The van der Waals surface area contributed by atoms with Gasteiger partial charge in [0.15, 0.2) is 0 Å². The van der Waals surface area contributed by atoms with Crippen molar-refractivity contribution in [2.75, 3.05) is 0 Å². The molecule has 0 unspecified atom stereocenters. The molecule has 0 aliphatic heterocycles. The third-order valence-electron chi connectivity index (χ3n) is 1.52. The zero-order chi connectivity index (χ0) is 13.9. The first kappa shape index (κ1) is 13.6. The molecule has 98 valence electrons. The molecule has 1 heterocycles. The number of hydrogen-bond acceptors (Lipinski definition) is 6. The lowest BCUT2D eigenvalue weighted by Gasteiger charge is -2.16. The predicted molar refractivity (Wildman–Crippen MR) is 60.1 cm³/mol. The summed E-state index contributed by atoms with van der Waals surface area (Å²) in [4.78, 5) is 36.9. The molecule has 0 fully saturated rings. The second-order valence-corrected chi connectivity index (χ2v) is 4.29. The predicted octanol–water partition coefficient (Wildman–Crippen LogP) is 0.788. The van der Waals surface area contributed by atoms with Crippen LogP contribution in [0.15, 0.2) is 19.8 Å². The van der Waals surface area contributed by atoms with Crippen LogP contribution in [0.1, 0.15) is 20.8 Å². The average molecular weight is 256 g/mol. The summed E-state index contributed by atoms with van der Waals surface area (Å²) in [5, 5.41) is 15.5. The molecular weight excluding hydrogens is 244 g/mol. The smallest absolute Gasteiger partial charge is 0.452 e. The minimum atomic E-state index is -1.02. The third kappa shape index (κ3) is 3.85. The number of azo groups is 1. The van der Waals surface area contributed by atoms with Crippen molar-refractivity contribution in [2.24, 2.45) is 10.2 Å². The number of carbonyl (C=O) groups is 1. The fraction of sp³-hybridized carbons (Fsp3) is 0.444. The Morgan fingerprint density at radius 3 is 2.39 bits per heavy atom. The standard InChI is InChI=1S/C9H12N4O5/c1-9(2,3)18-8(17)13-12-4-5(14)10-7(16)11-6(4)15/h1-3H3,(H3,10,11,14,15,16). The molecule has 3 N–H and O–H groups in total. The molecule has 0 radical (unpaired) electrons. The Morgan fingerprint density at radius 1 is 1.28 bits per heavy atom. The van der Waals surface area contributed by atoms with Gasteiger partial charge in [0.2, 0.25) is 11.6 Å². The van der Waals surface area contributed by atoms with E-state index in [2.05, 4.69) is 10.2 Å². The molecule has 1 rings (SSSR count). The molecule has 1 aromatic heterocycles. The van der Waals surface area contributed by atoms with Crippen LogP contribution >= 0.6 is 0 Å². The van der Waals surface area contributed by atoms with Crippen molar-refractivity contribution in [3.05, 3.63) is 20.8 Å². The first-order chi connectivity index (χ1) is 8.19. The summed E-state index contributed by atoms with van der Waals surface area (Å²) < 4.78 is 4.80. The highest BCUT2D eigenvalue weighted by Gasteiger charge is 2.16. The number of aromatic nitrogens is 2. The van der Waals surface area contributed by atoms with Crippen LogP contribution in [0, 0.1) is 0 Å². The minimum absolute atomic E-state index is 0.583. The molecule has 0 bridgehead atoms. The van der Waals surface area contributed by atoms with Crippen molar-refractivity contribution >= 4 is 11.8 Å². The number of nitrogens with one attached hydrogen (secondary N) is 2. The Morgan fingerprint density at radius 2 is 1.89 bits per heavy atom. The van der Waals surface area contributed by atoms with Crippen molar-refractivity contribution in [3.63, 3.8) is 0 Å². The van der Waals surface area contributed by atoms with Crippen molar-refractivity contribution < 1.29 is 14.6 Å². The van der Waals surface area contributed by atoms with Gasteiger partial charge >= 0.3 is 11.8 Å². The number of hydrogen-bond donors (Lipinski definition) is 3. The van der Waals surface area contributed by atoms with Gasteiger partial charge in [-0.2, -0.15) is 0 Å². The summed E-state index contributed by atoms with van der Waals surface area (Å²) in [5.41, 5.74) is -3.20. The summed E-state index contributed by atoms with van der Waals surface area (Å²) in [6.07, 6.45) is -1.02. The van der Waals surface area contributed by atoms with E-state index in [4.69, 9.17) is 4.74 Å². The number of H-pyrrole nitrogens is 2. The summed E-state index contributed by atoms with van der Waals surface area (Å²) >= 11 is 0. The van der Waals surface area contributed by atoms with Gasteiger partial charge in [0.05, 0.1) is 0 Å². The van der Waals surface area contributed by atoms with E-state index in [0.29, 0.717) is 0 Å². The Labute approximate surface area is 101 Å². The Bertz CT molecular complexity index is 592. The van der Waals surface area contributed by atoms with E-state index >= 15 is 0 Å². The van der Waals surface area contributed by atoms with Crippen molar-refractivity contribution in [1.82, 2.24) is 9.97 Å². The maximum atomic E-state index is 11.2. The quantitative estimate of drug-likeness (QED) is 0.638. The van der Waals surface area contributed by atoms with Gasteiger partial charge in [-0.05, 0) is 20.8 Å². The van der Waals surface area contributed by atoms with Gasteiger partial charge in [-0.15, -0.1) is 5.11 Å². The maximum absolute atomic E-state index is 11.2. The zero-order valence-electron chi connectivity index (χ0n) is 9.97. The van der Waals surface area contributed by atoms with Crippen LogP contribution in [0.3, 0.4) is 0 Å². The van der Waals surface area contributed by atoms with Gasteiger partial charge in [-0.25, -0.2) is 9.59 Å². The largest absolute Gasteiger partial charge is 0.493 e. The minimum Gasteiger partial charge on any atom is -0.493 e. The number of nitrogens with zero attached hydrogens (tertiary/aromatic N) is 2. The number of rotatable bonds is 1. The van der Waals surface area contributed by atoms with Gasteiger partial charge in [0, 0.05) is 0 Å². The lowest BCUT2D eigenvalue weighted by molar-refractivity contribution is 0.0592. The van der Waals surface area contributed by atoms with Crippen LogP contribution in [0.25, 0.3) is 0 Å². The lowest BCUT2D eigenvalue weighted by Crippen LogP contribution is -2.22. The van der Waals surface area contributed by atoms with E-state index < -0.39 is 34.5 Å². The number of carbonyl (C=O) groups excluding carboxylic acids is 1. The Balaban J connectivity index is 2.96. The monoisotopic (exact) mass is 256 g/mol. The van der Waals surface area contributed by atoms with Crippen LogP contribution in [-0.4, -0.2) is 26.8 Å². The fourth-order valence-electron chi connectivity index (χ4n) is 0.934. The third-order valence-corrected chi connectivity index (χ3v) is 1.52. The molecule has 18 heavy (non-hydrogen) atoms. The second-order valence-electron chi connectivity index (χ2n) is 4.29. The van der Waals surface area contributed by atoms with Crippen LogP contribution in [-0.2, 0) is 4.74 Å². The topological polar surface area (TPSA) is 137 Å². The number of amides is 1. The first-order valence-electron chi connectivity index (χ1n) is 4.89. The highest BCUT2D eigenvalue weighted by molar-refractivity contribution is 5.68. The van der Waals surface area contributed by atoms with Gasteiger partial charge in [0.1, 0.15) is 5.60 Å². The van der Waals surface area contributed by atoms with Gasteiger partial charge in [-0.1, -0.05) is 5.11 Å². The zero-order valence-corrected chi connectivity index (χ0v) is 9.97. The van der Waals surface area contributed by atoms with Crippen LogP contribution in [0.5, 0.6) is 5.88 Å². The molecule has 0 aliphatic carbocycles. The molecule has 0 aromatic carbocycles. The normalized spacial score (nSPS) is 11.7. The molecule has 0 atom stereocenters. The highest BCUT2D eigenvalue weighted by atomic mass is 16.6. The number of aromatic amines is 2. The van der Waals surface area contributed by atoms with E-state index in [0.717, 1.165) is 0 Å². The van der Waals surface area contributed by atoms with Crippen molar-refractivity contribution in [3.8, 4) is 5.88 Å². The number of aromatic hydroxyl groups is 1. The van der Waals surface area contributed by atoms with E-state index in [1.54, 1.807) is 20.8 Å². The van der Waals surface area contributed by atoms with Gasteiger partial charge in [0.25, 0.3) is 5.56 Å². The van der Waals surface area contributed by atoms with Crippen molar-refractivity contribution in [1.29, 1.82) is 0 Å². The van der Waals surface area contributed by atoms with Gasteiger partial charge < -0.3 is 9.84 Å². The molecule has 9 heteroatoms. The molecule has 9 nitrogen and oxygen atoms in total.